The molecule has 108 valence electrons. The van der Waals surface area contributed by atoms with Gasteiger partial charge in [-0.2, -0.15) is 0 Å². The van der Waals surface area contributed by atoms with Crippen LogP contribution in [0.2, 0.25) is 0 Å². The van der Waals surface area contributed by atoms with Gasteiger partial charge in [0.15, 0.2) is 5.96 Å². The molecule has 0 unspecified atom stereocenters. The Morgan fingerprint density at radius 1 is 1.45 bits per heavy atom. The van der Waals surface area contributed by atoms with E-state index in [1.807, 2.05) is 13.0 Å². The number of hydrogen-bond acceptors (Lipinski definition) is 3. The Labute approximate surface area is 119 Å². The normalized spacial score (nSPS) is 14.8. The van der Waals surface area contributed by atoms with Crippen molar-refractivity contribution in [2.24, 2.45) is 4.99 Å². The van der Waals surface area contributed by atoms with Crippen LogP contribution in [0.3, 0.4) is 0 Å². The number of anilines is 1. The Morgan fingerprint density at radius 2 is 2.25 bits per heavy atom. The summed E-state index contributed by atoms with van der Waals surface area (Å²) in [6, 6.07) is 4.27. The minimum absolute atomic E-state index is 0.0595. The second-order valence-corrected chi connectivity index (χ2v) is 4.94. The summed E-state index contributed by atoms with van der Waals surface area (Å²) in [7, 11) is 1.73. The van der Waals surface area contributed by atoms with E-state index < -0.39 is 0 Å². The first-order valence-corrected chi connectivity index (χ1v) is 6.87. The van der Waals surface area contributed by atoms with Gasteiger partial charge < -0.3 is 16.0 Å². The summed E-state index contributed by atoms with van der Waals surface area (Å²) in [6.07, 6.45) is 4.50. The standard InChI is InChI=1S/C14H21N5O/c1-10-3-6-12(17-9-10)19-13(20)7-8-16-14(15-2)18-11-4-5-11/h3,6,9,11H,4-5,7-8H2,1-2H3,(H2,15,16,18)(H,17,19,20). The highest BCUT2D eigenvalue weighted by Crippen LogP contribution is 2.18. The summed E-state index contributed by atoms with van der Waals surface area (Å²) in [4.78, 5) is 20.0. The summed E-state index contributed by atoms with van der Waals surface area (Å²) < 4.78 is 0. The maximum absolute atomic E-state index is 11.8. The minimum atomic E-state index is -0.0595. The van der Waals surface area contributed by atoms with E-state index in [4.69, 9.17) is 0 Å². The van der Waals surface area contributed by atoms with Crippen molar-refractivity contribution in [1.82, 2.24) is 15.6 Å². The highest BCUT2D eigenvalue weighted by atomic mass is 16.1. The molecule has 6 heteroatoms. The number of pyridine rings is 1. The van der Waals surface area contributed by atoms with Crippen LogP contribution >= 0.6 is 0 Å². The lowest BCUT2D eigenvalue weighted by atomic mass is 10.3. The molecule has 20 heavy (non-hydrogen) atoms. The summed E-state index contributed by atoms with van der Waals surface area (Å²) in [5, 5.41) is 9.15. The molecule has 2 rings (SSSR count). The Hall–Kier alpha value is -2.11. The first-order valence-electron chi connectivity index (χ1n) is 6.87. The summed E-state index contributed by atoms with van der Waals surface area (Å²) in [6.45, 7) is 2.51. The summed E-state index contributed by atoms with van der Waals surface area (Å²) in [5.41, 5.74) is 1.07. The Bertz CT molecular complexity index is 479. The van der Waals surface area contributed by atoms with E-state index in [0.717, 1.165) is 11.5 Å². The molecule has 3 N–H and O–H groups in total. The maximum Gasteiger partial charge on any atom is 0.227 e. The van der Waals surface area contributed by atoms with Gasteiger partial charge in [-0.15, -0.1) is 0 Å². The number of aliphatic imine (C=N–C) groups is 1. The van der Waals surface area contributed by atoms with Crippen molar-refractivity contribution in [2.75, 3.05) is 18.9 Å². The molecule has 1 saturated carbocycles. The molecule has 0 aliphatic heterocycles. The van der Waals surface area contributed by atoms with Crippen LogP contribution in [0, 0.1) is 6.92 Å². The molecule has 0 bridgehead atoms. The van der Waals surface area contributed by atoms with Gasteiger partial charge in [0.1, 0.15) is 5.82 Å². The number of nitrogens with one attached hydrogen (secondary N) is 3. The van der Waals surface area contributed by atoms with E-state index in [1.165, 1.54) is 12.8 Å². The fourth-order valence-corrected chi connectivity index (χ4v) is 1.66. The number of rotatable bonds is 5. The smallest absolute Gasteiger partial charge is 0.227 e. The number of carbonyl (C=O) groups excluding carboxylic acids is 1. The molecule has 1 aromatic heterocycles. The van der Waals surface area contributed by atoms with Gasteiger partial charge in [0.05, 0.1) is 0 Å². The van der Waals surface area contributed by atoms with Crippen molar-refractivity contribution >= 4 is 17.7 Å². The van der Waals surface area contributed by atoms with E-state index in [9.17, 15) is 4.79 Å². The second kappa shape index (κ2) is 6.88. The Morgan fingerprint density at radius 3 is 2.85 bits per heavy atom. The monoisotopic (exact) mass is 275 g/mol. The van der Waals surface area contributed by atoms with Gasteiger partial charge in [-0.25, -0.2) is 4.98 Å². The molecule has 6 nitrogen and oxygen atoms in total. The predicted molar refractivity (Wildman–Crippen MR) is 79.7 cm³/mol. The Balaban J connectivity index is 1.67. The number of aryl methyl sites for hydroxylation is 1. The molecule has 1 heterocycles. The molecule has 0 spiro atoms. The van der Waals surface area contributed by atoms with Crippen molar-refractivity contribution < 1.29 is 4.79 Å². The molecule has 1 aromatic rings. The Kier molecular flexibility index (Phi) is 4.92. The molecular weight excluding hydrogens is 254 g/mol. The molecule has 1 fully saturated rings. The first-order chi connectivity index (χ1) is 9.67. The number of carbonyl (C=O) groups is 1. The van der Waals surface area contributed by atoms with Crippen LogP contribution in [0.1, 0.15) is 24.8 Å². The van der Waals surface area contributed by atoms with Crippen LogP contribution < -0.4 is 16.0 Å². The molecule has 1 amide bonds. The third kappa shape index (κ3) is 4.87. The van der Waals surface area contributed by atoms with Gasteiger partial charge in [-0.1, -0.05) is 6.07 Å². The molecule has 1 aliphatic carbocycles. The highest BCUT2D eigenvalue weighted by Gasteiger charge is 2.21. The van der Waals surface area contributed by atoms with Gasteiger partial charge in [-0.05, 0) is 31.4 Å². The molecule has 0 radical (unpaired) electrons. The summed E-state index contributed by atoms with van der Waals surface area (Å²) >= 11 is 0. The van der Waals surface area contributed by atoms with E-state index >= 15 is 0 Å². The van der Waals surface area contributed by atoms with Gasteiger partial charge >= 0.3 is 0 Å². The summed E-state index contributed by atoms with van der Waals surface area (Å²) in [5.74, 6) is 1.28. The van der Waals surface area contributed by atoms with E-state index in [1.54, 1.807) is 19.3 Å². The van der Waals surface area contributed by atoms with Crippen molar-refractivity contribution in [2.45, 2.75) is 32.2 Å². The van der Waals surface area contributed by atoms with Gasteiger partial charge in [-0.3, -0.25) is 9.79 Å². The molecular formula is C14H21N5O. The molecule has 0 saturated heterocycles. The van der Waals surface area contributed by atoms with Crippen LogP contribution in [0.15, 0.2) is 23.3 Å². The van der Waals surface area contributed by atoms with Crippen LogP contribution in [0.4, 0.5) is 5.82 Å². The minimum Gasteiger partial charge on any atom is -0.356 e. The second-order valence-electron chi connectivity index (χ2n) is 4.94. The van der Waals surface area contributed by atoms with Gasteiger partial charge in [0.25, 0.3) is 0 Å². The van der Waals surface area contributed by atoms with E-state index in [-0.39, 0.29) is 5.91 Å². The van der Waals surface area contributed by atoms with Crippen molar-refractivity contribution in [3.8, 4) is 0 Å². The quantitative estimate of drug-likeness (QED) is 0.554. The lowest BCUT2D eigenvalue weighted by molar-refractivity contribution is -0.116. The highest BCUT2D eigenvalue weighted by molar-refractivity contribution is 5.90. The zero-order valence-corrected chi connectivity index (χ0v) is 11.9. The van der Waals surface area contributed by atoms with Crippen molar-refractivity contribution in [3.63, 3.8) is 0 Å². The van der Waals surface area contributed by atoms with Gasteiger partial charge in [0, 0.05) is 32.3 Å². The van der Waals surface area contributed by atoms with Crippen molar-refractivity contribution in [1.29, 1.82) is 0 Å². The van der Waals surface area contributed by atoms with Crippen LogP contribution in [-0.4, -0.2) is 36.5 Å². The SMILES string of the molecule is CN=C(NCCC(=O)Nc1ccc(C)cn1)NC1CC1. The first kappa shape index (κ1) is 14.3. The fraction of sp³-hybridized carbons (Fsp3) is 0.500. The average Bonchev–Trinajstić information content (AvgIpc) is 3.24. The maximum atomic E-state index is 11.8. The third-order valence-electron chi connectivity index (χ3n) is 2.97. The van der Waals surface area contributed by atoms with Gasteiger partial charge in [0.2, 0.25) is 5.91 Å². The zero-order valence-electron chi connectivity index (χ0n) is 11.9. The van der Waals surface area contributed by atoms with Crippen molar-refractivity contribution in [3.05, 3.63) is 23.9 Å². The van der Waals surface area contributed by atoms with Crippen LogP contribution in [0.25, 0.3) is 0 Å². The topological polar surface area (TPSA) is 78.4 Å². The molecule has 0 atom stereocenters. The molecule has 1 aliphatic rings. The lowest BCUT2D eigenvalue weighted by Crippen LogP contribution is -2.39. The van der Waals surface area contributed by atoms with Crippen LogP contribution in [-0.2, 0) is 4.79 Å². The number of hydrogen-bond donors (Lipinski definition) is 3. The number of amides is 1. The zero-order chi connectivity index (χ0) is 14.4. The van der Waals surface area contributed by atoms with E-state index in [2.05, 4.69) is 25.9 Å². The average molecular weight is 275 g/mol. The number of guanidine groups is 1. The third-order valence-corrected chi connectivity index (χ3v) is 2.97. The number of aromatic nitrogens is 1. The number of nitrogens with zero attached hydrogens (tertiary/aromatic N) is 2. The van der Waals surface area contributed by atoms with Crippen LogP contribution in [0.5, 0.6) is 0 Å². The fourth-order valence-electron chi connectivity index (χ4n) is 1.66. The molecule has 0 aromatic carbocycles. The predicted octanol–water partition coefficient (Wildman–Crippen LogP) is 1.05. The van der Waals surface area contributed by atoms with E-state index in [0.29, 0.717) is 24.8 Å². The largest absolute Gasteiger partial charge is 0.356 e. The lowest BCUT2D eigenvalue weighted by Gasteiger charge is -2.10.